The van der Waals surface area contributed by atoms with Crippen molar-refractivity contribution in [2.45, 2.75) is 77.5 Å². The molecule has 1 unspecified atom stereocenters. The minimum Gasteiger partial charge on any atom is -0.469 e. The lowest BCUT2D eigenvalue weighted by atomic mass is 10.1. The van der Waals surface area contributed by atoms with Crippen molar-refractivity contribution in [1.82, 2.24) is 0 Å². The van der Waals surface area contributed by atoms with E-state index in [0.717, 1.165) is 19.3 Å². The molecule has 0 aromatic rings. The van der Waals surface area contributed by atoms with Gasteiger partial charge in [-0.2, -0.15) is 0 Å². The third kappa shape index (κ3) is 7.16. The van der Waals surface area contributed by atoms with Crippen LogP contribution in [0.1, 0.15) is 60.3 Å². The number of ether oxygens (including phenoxy) is 1. The SMILES string of the molecule is CCCCC(CC(=O)OC)O[Si](C(C)C)C(C)C. The van der Waals surface area contributed by atoms with Crippen LogP contribution in [0.3, 0.4) is 0 Å². The standard InChI is InChI=1S/C14H29O3Si/c1-7-8-9-13(10-14(15)16-6)17-18(11(2)3)12(4)5/h11-13H,7-10H2,1-6H3. The van der Waals surface area contributed by atoms with Gasteiger partial charge >= 0.3 is 5.97 Å². The van der Waals surface area contributed by atoms with Crippen LogP contribution in [-0.4, -0.2) is 28.2 Å². The summed E-state index contributed by atoms with van der Waals surface area (Å²) in [6.07, 6.45) is 3.62. The fraction of sp³-hybridized carbons (Fsp3) is 0.929. The molecule has 0 amide bonds. The van der Waals surface area contributed by atoms with Crippen molar-refractivity contribution in [2.75, 3.05) is 7.11 Å². The Kier molecular flexibility index (Phi) is 9.37. The highest BCUT2D eigenvalue weighted by Gasteiger charge is 2.27. The quantitative estimate of drug-likeness (QED) is 0.471. The Morgan fingerprint density at radius 3 is 2.11 bits per heavy atom. The number of hydrogen-bond donors (Lipinski definition) is 0. The van der Waals surface area contributed by atoms with E-state index in [1.165, 1.54) is 7.11 Å². The Morgan fingerprint density at radius 1 is 1.17 bits per heavy atom. The molecule has 4 heteroatoms. The molecular weight excluding hydrogens is 244 g/mol. The normalized spacial score (nSPS) is 13.4. The van der Waals surface area contributed by atoms with Gasteiger partial charge in [-0.1, -0.05) is 47.5 Å². The molecule has 107 valence electrons. The molecular formula is C14H29O3Si. The predicted octanol–water partition coefficient (Wildman–Crippen LogP) is 3.94. The van der Waals surface area contributed by atoms with Crippen LogP contribution < -0.4 is 0 Å². The van der Waals surface area contributed by atoms with Gasteiger partial charge in [0.25, 0.3) is 0 Å². The van der Waals surface area contributed by atoms with Crippen molar-refractivity contribution in [3.05, 3.63) is 0 Å². The lowest BCUT2D eigenvalue weighted by molar-refractivity contribution is -0.142. The third-order valence-corrected chi connectivity index (χ3v) is 5.82. The van der Waals surface area contributed by atoms with Gasteiger partial charge in [-0.05, 0) is 17.5 Å². The lowest BCUT2D eigenvalue weighted by Crippen LogP contribution is -2.32. The fourth-order valence-electron chi connectivity index (χ4n) is 2.03. The Morgan fingerprint density at radius 2 is 1.72 bits per heavy atom. The second-order valence-corrected chi connectivity index (χ2v) is 8.72. The minimum atomic E-state index is -0.868. The molecule has 0 aliphatic rings. The van der Waals surface area contributed by atoms with E-state index in [0.29, 0.717) is 17.5 Å². The van der Waals surface area contributed by atoms with Crippen molar-refractivity contribution in [3.8, 4) is 0 Å². The summed E-state index contributed by atoms with van der Waals surface area (Å²) in [6, 6.07) is 0. The Bertz CT molecular complexity index is 221. The van der Waals surface area contributed by atoms with E-state index >= 15 is 0 Å². The Balaban J connectivity index is 4.48. The molecule has 0 fully saturated rings. The molecule has 1 atom stereocenters. The van der Waals surface area contributed by atoms with Gasteiger partial charge in [-0.3, -0.25) is 4.79 Å². The van der Waals surface area contributed by atoms with Gasteiger partial charge in [-0.25, -0.2) is 0 Å². The van der Waals surface area contributed by atoms with Crippen LogP contribution in [-0.2, 0) is 14.0 Å². The first-order valence-corrected chi connectivity index (χ1v) is 8.58. The first-order valence-electron chi connectivity index (χ1n) is 7.02. The van der Waals surface area contributed by atoms with Crippen LogP contribution in [0.2, 0.25) is 11.1 Å². The summed E-state index contributed by atoms with van der Waals surface area (Å²) >= 11 is 0. The molecule has 0 saturated heterocycles. The second kappa shape index (κ2) is 9.56. The number of hydrogen-bond acceptors (Lipinski definition) is 3. The lowest BCUT2D eigenvalue weighted by Gasteiger charge is -2.28. The maximum atomic E-state index is 11.4. The molecule has 3 nitrogen and oxygen atoms in total. The molecule has 0 N–H and O–H groups in total. The summed E-state index contributed by atoms with van der Waals surface area (Å²) in [5.74, 6) is -0.162. The molecule has 0 bridgehead atoms. The molecule has 0 spiro atoms. The van der Waals surface area contributed by atoms with Crippen molar-refractivity contribution >= 4 is 15.0 Å². The highest BCUT2D eigenvalue weighted by atomic mass is 28.3. The number of esters is 1. The summed E-state index contributed by atoms with van der Waals surface area (Å²) in [6.45, 7) is 11.0. The highest BCUT2D eigenvalue weighted by Crippen LogP contribution is 2.24. The van der Waals surface area contributed by atoms with Crippen LogP contribution in [0.4, 0.5) is 0 Å². The molecule has 1 radical (unpaired) electrons. The van der Waals surface area contributed by atoms with Crippen LogP contribution in [0.5, 0.6) is 0 Å². The monoisotopic (exact) mass is 273 g/mol. The van der Waals surface area contributed by atoms with Crippen molar-refractivity contribution in [3.63, 3.8) is 0 Å². The topological polar surface area (TPSA) is 35.5 Å². The average Bonchev–Trinajstić information content (AvgIpc) is 2.31. The molecule has 0 heterocycles. The first kappa shape index (κ1) is 17.6. The Labute approximate surface area is 114 Å². The number of carbonyl (C=O) groups excluding carboxylic acids is 1. The van der Waals surface area contributed by atoms with Gasteiger partial charge in [0, 0.05) is 0 Å². The fourth-order valence-corrected chi connectivity index (χ4v) is 4.50. The zero-order valence-electron chi connectivity index (χ0n) is 12.8. The zero-order chi connectivity index (χ0) is 14.1. The highest BCUT2D eigenvalue weighted by molar-refractivity contribution is 6.55. The number of unbranched alkanes of at least 4 members (excludes halogenated alkanes) is 1. The summed E-state index contributed by atoms with van der Waals surface area (Å²) in [4.78, 5) is 11.4. The maximum Gasteiger partial charge on any atom is 0.308 e. The number of rotatable bonds is 9. The third-order valence-electron chi connectivity index (χ3n) is 2.94. The summed E-state index contributed by atoms with van der Waals surface area (Å²) in [7, 11) is 0.572. The van der Waals surface area contributed by atoms with Crippen molar-refractivity contribution in [2.24, 2.45) is 0 Å². The minimum absolute atomic E-state index is 0.0380. The van der Waals surface area contributed by atoms with Crippen molar-refractivity contribution < 1.29 is 14.0 Å². The first-order chi connectivity index (χ1) is 8.42. The van der Waals surface area contributed by atoms with Crippen LogP contribution in [0, 0.1) is 0 Å². The molecule has 0 aliphatic carbocycles. The average molecular weight is 273 g/mol. The van der Waals surface area contributed by atoms with E-state index in [-0.39, 0.29) is 12.1 Å². The predicted molar refractivity (Wildman–Crippen MR) is 77.0 cm³/mol. The van der Waals surface area contributed by atoms with E-state index < -0.39 is 9.04 Å². The van der Waals surface area contributed by atoms with Gasteiger partial charge in [0.05, 0.1) is 19.6 Å². The van der Waals surface area contributed by atoms with E-state index in [4.69, 9.17) is 9.16 Å². The molecule has 0 aliphatic heterocycles. The smallest absolute Gasteiger partial charge is 0.308 e. The van der Waals surface area contributed by atoms with E-state index in [2.05, 4.69) is 34.6 Å². The van der Waals surface area contributed by atoms with Gasteiger partial charge in [0.15, 0.2) is 0 Å². The Hall–Kier alpha value is -0.353. The summed E-state index contributed by atoms with van der Waals surface area (Å²) in [5, 5.41) is 0. The molecule has 0 saturated carbocycles. The van der Waals surface area contributed by atoms with Gasteiger partial charge in [-0.15, -0.1) is 0 Å². The summed E-state index contributed by atoms with van der Waals surface area (Å²) < 4.78 is 11.0. The molecule has 0 aromatic heterocycles. The van der Waals surface area contributed by atoms with E-state index in [1.807, 2.05) is 0 Å². The molecule has 18 heavy (non-hydrogen) atoms. The van der Waals surface area contributed by atoms with Crippen LogP contribution >= 0.6 is 0 Å². The zero-order valence-corrected chi connectivity index (χ0v) is 13.8. The van der Waals surface area contributed by atoms with Gasteiger partial charge in [0.2, 0.25) is 9.04 Å². The van der Waals surface area contributed by atoms with Crippen molar-refractivity contribution in [1.29, 1.82) is 0 Å². The van der Waals surface area contributed by atoms with Gasteiger partial charge in [0.1, 0.15) is 0 Å². The maximum absolute atomic E-state index is 11.4. The van der Waals surface area contributed by atoms with E-state index in [9.17, 15) is 4.79 Å². The van der Waals surface area contributed by atoms with Gasteiger partial charge < -0.3 is 9.16 Å². The number of methoxy groups -OCH3 is 1. The number of carbonyl (C=O) groups is 1. The van der Waals surface area contributed by atoms with E-state index in [1.54, 1.807) is 0 Å². The van der Waals surface area contributed by atoms with Crippen LogP contribution in [0.15, 0.2) is 0 Å². The largest absolute Gasteiger partial charge is 0.469 e. The van der Waals surface area contributed by atoms with Crippen LogP contribution in [0.25, 0.3) is 0 Å². The molecule has 0 rings (SSSR count). The molecule has 0 aromatic carbocycles. The summed E-state index contributed by atoms with van der Waals surface area (Å²) in [5.41, 5.74) is 1.13. The second-order valence-electron chi connectivity index (χ2n) is 5.37.